The molecule has 0 fully saturated rings. The number of ether oxygens (including phenoxy) is 2. The van der Waals surface area contributed by atoms with Crippen LogP contribution in [0.25, 0.3) is 77.2 Å². The van der Waals surface area contributed by atoms with Crippen molar-refractivity contribution >= 4 is 43.6 Å². The zero-order chi connectivity index (χ0) is 70.1. The van der Waals surface area contributed by atoms with Crippen LogP contribution >= 0.6 is 0 Å². The van der Waals surface area contributed by atoms with E-state index in [4.69, 9.17) is 9.47 Å². The van der Waals surface area contributed by atoms with Gasteiger partial charge in [-0.15, -0.1) is 0 Å². The lowest BCUT2D eigenvalue weighted by Crippen LogP contribution is -2.27. The summed E-state index contributed by atoms with van der Waals surface area (Å²) in [6.07, 6.45) is 3.12. The number of hydrogen-bond acceptors (Lipinski definition) is 5. The van der Waals surface area contributed by atoms with E-state index in [1.165, 1.54) is 39.9 Å². The second kappa shape index (κ2) is 24.5. The molecule has 0 spiro atoms. The van der Waals surface area contributed by atoms with Crippen molar-refractivity contribution in [3.8, 4) is 56.6 Å². The molecule has 0 saturated heterocycles. The Morgan fingerprint density at radius 3 is 1.17 bits per heavy atom. The largest absolute Gasteiger partial charge is 0.505 e. The van der Waals surface area contributed by atoms with E-state index in [2.05, 4.69) is 283 Å². The summed E-state index contributed by atoms with van der Waals surface area (Å²) >= 11 is 0. The highest BCUT2D eigenvalue weighted by Crippen LogP contribution is 2.52. The molecule has 0 aliphatic carbocycles. The zero-order valence-corrected chi connectivity index (χ0v) is 62.6. The molecule has 0 amide bonds. The van der Waals surface area contributed by atoms with Gasteiger partial charge < -0.3 is 33.7 Å². The fraction of sp³-hybridized carbons (Fsp3) is 0.455. The van der Waals surface area contributed by atoms with Crippen molar-refractivity contribution in [3.05, 3.63) is 177 Å². The highest BCUT2D eigenvalue weighted by atomic mass is 19.1. The van der Waals surface area contributed by atoms with Crippen LogP contribution in [0, 0.1) is 23.6 Å². The second-order valence-electron chi connectivity index (χ2n) is 36.3. The summed E-state index contributed by atoms with van der Waals surface area (Å²) in [5, 5.41) is 31.3. The van der Waals surface area contributed by atoms with Crippen LogP contribution in [0.1, 0.15) is 222 Å². The fourth-order valence-electron chi connectivity index (χ4n) is 15.7. The molecule has 1 aliphatic rings. The molecule has 2 N–H and O–H groups in total. The Balaban J connectivity index is 1.03. The zero-order valence-electron chi connectivity index (χ0n) is 62.6. The molecule has 11 rings (SSSR count). The summed E-state index contributed by atoms with van der Waals surface area (Å²) in [5.41, 5.74) is 16.8. The molecule has 8 heteroatoms. The van der Waals surface area contributed by atoms with Gasteiger partial charge in [0.25, 0.3) is 0 Å². The van der Waals surface area contributed by atoms with Crippen LogP contribution in [0.4, 0.5) is 4.39 Å². The van der Waals surface area contributed by atoms with Crippen LogP contribution in [0.15, 0.2) is 121 Å². The van der Waals surface area contributed by atoms with Crippen molar-refractivity contribution in [3.63, 3.8) is 0 Å². The number of nitrogens with zero attached hydrogens (tertiary/aromatic N) is 3. The van der Waals surface area contributed by atoms with Crippen LogP contribution in [0.5, 0.6) is 23.0 Å². The second-order valence-corrected chi connectivity index (χ2v) is 36.3. The summed E-state index contributed by atoms with van der Waals surface area (Å²) in [6, 6.07) is 43.5. The summed E-state index contributed by atoms with van der Waals surface area (Å²) in [5.74, 6) is 1.11. The predicted molar refractivity (Wildman–Crippen MR) is 405 cm³/mol. The van der Waals surface area contributed by atoms with Gasteiger partial charge >= 0.3 is 0 Å². The Morgan fingerprint density at radius 2 is 0.792 bits per heavy atom. The van der Waals surface area contributed by atoms with Gasteiger partial charge in [-0.3, -0.25) is 0 Å². The average Bonchev–Trinajstić information content (AvgIpc) is 1.52. The van der Waals surface area contributed by atoms with Crippen LogP contribution in [-0.4, -0.2) is 51.1 Å². The SMILES string of the molecule is Cc1cc(F)cc(-c2cc(C(C)(C)CC(C)(C)C)cc(-n3c4cc(C(C)(C)C)ccc4c4ccc(C(C)(C)C)cc43)c2O)c1OCCCOc1c(-c2cc(C(C)(C)CC(C)(C)C)cc(-n3c4cc(C(C)(C)C)ccc4c4ccc(C(C)(C)C)cc43)c2O)ccc2c1CN(C)CC2. The van der Waals surface area contributed by atoms with Gasteiger partial charge in [0.05, 0.1) is 46.7 Å². The lowest BCUT2D eigenvalue weighted by atomic mass is 9.71. The highest BCUT2D eigenvalue weighted by molar-refractivity contribution is 6.11. The lowest BCUT2D eigenvalue weighted by molar-refractivity contribution is 0.240. The van der Waals surface area contributed by atoms with Crippen molar-refractivity contribution in [2.24, 2.45) is 10.8 Å². The lowest BCUT2D eigenvalue weighted by Gasteiger charge is -2.34. The van der Waals surface area contributed by atoms with E-state index in [0.717, 1.165) is 109 Å². The Hall–Kier alpha value is -7.55. The quantitative estimate of drug-likeness (QED) is 0.106. The number of phenols is 2. The van der Waals surface area contributed by atoms with Crippen molar-refractivity contribution in [2.45, 2.75) is 224 Å². The summed E-state index contributed by atoms with van der Waals surface area (Å²) in [4.78, 5) is 2.35. The van der Waals surface area contributed by atoms with Gasteiger partial charge in [-0.1, -0.05) is 213 Å². The van der Waals surface area contributed by atoms with Gasteiger partial charge in [0.1, 0.15) is 28.8 Å². The average molecular weight is 1290 g/mol. The normalized spacial score (nSPS) is 14.2. The van der Waals surface area contributed by atoms with Crippen LogP contribution in [-0.2, 0) is 45.5 Å². The highest BCUT2D eigenvalue weighted by Gasteiger charge is 2.35. The van der Waals surface area contributed by atoms with E-state index in [1.807, 2.05) is 6.92 Å². The molecule has 0 atom stereocenters. The monoisotopic (exact) mass is 1290 g/mol. The molecule has 0 bridgehead atoms. The number of phenolic OH excluding ortho intramolecular Hbond substituents is 2. The molecule has 7 nitrogen and oxygen atoms in total. The van der Waals surface area contributed by atoms with E-state index in [1.54, 1.807) is 0 Å². The molecule has 3 heterocycles. The molecule has 0 radical (unpaired) electrons. The number of rotatable bonds is 14. The van der Waals surface area contributed by atoms with Gasteiger partial charge in [-0.25, -0.2) is 4.39 Å². The molecule has 1 aliphatic heterocycles. The smallest absolute Gasteiger partial charge is 0.147 e. The van der Waals surface area contributed by atoms with Crippen LogP contribution < -0.4 is 9.47 Å². The summed E-state index contributed by atoms with van der Waals surface area (Å²) in [7, 11) is 2.16. The minimum atomic E-state index is -0.411. The van der Waals surface area contributed by atoms with Gasteiger partial charge in [-0.05, 0) is 182 Å². The Morgan fingerprint density at radius 1 is 0.417 bits per heavy atom. The Kier molecular flexibility index (Phi) is 17.8. The fourth-order valence-corrected chi connectivity index (χ4v) is 15.7. The van der Waals surface area contributed by atoms with Crippen molar-refractivity contribution in [1.82, 2.24) is 14.0 Å². The first-order valence-electron chi connectivity index (χ1n) is 35.2. The van der Waals surface area contributed by atoms with Crippen molar-refractivity contribution in [1.29, 1.82) is 0 Å². The van der Waals surface area contributed by atoms with Gasteiger partial charge in [0.2, 0.25) is 0 Å². The van der Waals surface area contributed by atoms with E-state index < -0.39 is 5.82 Å². The number of aromatic nitrogens is 2. The Labute approximate surface area is 574 Å². The first-order chi connectivity index (χ1) is 44.4. The maximum absolute atomic E-state index is 16.4. The van der Waals surface area contributed by atoms with E-state index in [-0.39, 0.29) is 61.4 Å². The number of fused-ring (bicyclic) bond motifs is 7. The standard InChI is InChI=1S/C88H110FN3O4/c1-53-40-61(89)49-69(68-42-60(88(22,23)52-82(5,6)7)48-76(78(68)94)92-73-45-57(85(14,15)16)29-34-64(73)65-35-30-58(46-74(65)92)86(17,18)19)79(53)95-38-25-39-96-80-66(31-26-54-36-37-90(24)50-70(54)80)67-41-59(87(20,21)51-81(2,3)4)47-75(77(67)93)91-71-43-55(83(8,9)10)27-32-62(71)63-33-28-56(44-72(63)91)84(11,12)13/h26-35,40-49,93-94H,25,36-39,50-52H2,1-24H3. The molecule has 508 valence electrons. The number of benzene rings is 8. The predicted octanol–water partition coefficient (Wildman–Crippen LogP) is 23.5. The summed E-state index contributed by atoms with van der Waals surface area (Å²) < 4.78 is 35.2. The topological polar surface area (TPSA) is 72.0 Å². The molecule has 10 aromatic rings. The number of likely N-dealkylation sites (N-methyl/N-ethyl adjacent to an activating group) is 1. The maximum Gasteiger partial charge on any atom is 0.147 e. The third-order valence-electron chi connectivity index (χ3n) is 20.3. The number of hydrogen-bond donors (Lipinski definition) is 2. The third-order valence-corrected chi connectivity index (χ3v) is 20.3. The van der Waals surface area contributed by atoms with Crippen molar-refractivity contribution < 1.29 is 24.1 Å². The van der Waals surface area contributed by atoms with E-state index in [9.17, 15) is 10.2 Å². The minimum Gasteiger partial charge on any atom is -0.505 e. The number of halogens is 1. The van der Waals surface area contributed by atoms with Gasteiger partial charge in [0.15, 0.2) is 0 Å². The molecular formula is C88H110FN3O4. The van der Waals surface area contributed by atoms with Gasteiger partial charge in [0, 0.05) is 68.9 Å². The molecule has 0 unspecified atom stereocenters. The van der Waals surface area contributed by atoms with Crippen LogP contribution in [0.3, 0.4) is 0 Å². The first kappa shape index (κ1) is 69.8. The molecular weight excluding hydrogens is 1180 g/mol. The first-order valence-corrected chi connectivity index (χ1v) is 35.2. The third kappa shape index (κ3) is 13.7. The van der Waals surface area contributed by atoms with Crippen LogP contribution in [0.2, 0.25) is 0 Å². The molecule has 0 saturated carbocycles. The minimum absolute atomic E-state index is 0.00901. The maximum atomic E-state index is 16.4. The number of aryl methyl sites for hydroxylation is 1. The van der Waals surface area contributed by atoms with E-state index in [0.29, 0.717) is 47.7 Å². The van der Waals surface area contributed by atoms with Gasteiger partial charge in [-0.2, -0.15) is 0 Å². The summed E-state index contributed by atoms with van der Waals surface area (Å²) in [6.45, 7) is 54.1. The molecule has 8 aromatic carbocycles. The van der Waals surface area contributed by atoms with Crippen molar-refractivity contribution in [2.75, 3.05) is 26.8 Å². The Bertz CT molecular complexity index is 4510. The molecule has 2 aromatic heterocycles. The molecule has 96 heavy (non-hydrogen) atoms. The number of aromatic hydroxyl groups is 2. The van der Waals surface area contributed by atoms with E-state index >= 15 is 4.39 Å².